The van der Waals surface area contributed by atoms with Gasteiger partial charge in [-0.3, -0.25) is 4.79 Å². The van der Waals surface area contributed by atoms with E-state index in [4.69, 9.17) is 21.4 Å². The number of ether oxygens (including phenoxy) is 1. The summed E-state index contributed by atoms with van der Waals surface area (Å²) >= 11 is 6.02. The Kier molecular flexibility index (Phi) is 6.43. The predicted molar refractivity (Wildman–Crippen MR) is 134 cm³/mol. The van der Waals surface area contributed by atoms with Gasteiger partial charge in [0.05, 0.1) is 5.69 Å². The Morgan fingerprint density at radius 2 is 1.61 bits per heavy atom. The van der Waals surface area contributed by atoms with Crippen LogP contribution in [0.4, 0.5) is 5.69 Å². The number of halogens is 1. The Bertz CT molecular complexity index is 1150. The monoisotopic (exact) mass is 461 g/mol. The lowest BCUT2D eigenvalue weighted by atomic mass is 10.0. The number of rotatable bonds is 6. The van der Waals surface area contributed by atoms with Gasteiger partial charge in [-0.15, -0.1) is 5.10 Å². The SMILES string of the molecule is CC(=O)C1=NN(c2ccccc2)C(c2ccccc2OCc2ccc(Cl)cc2)N1C(C)(C)C. The maximum Gasteiger partial charge on any atom is 0.196 e. The van der Waals surface area contributed by atoms with E-state index >= 15 is 0 Å². The number of carbonyl (C=O) groups is 1. The van der Waals surface area contributed by atoms with Gasteiger partial charge in [-0.2, -0.15) is 0 Å². The minimum absolute atomic E-state index is 0.0760. The summed E-state index contributed by atoms with van der Waals surface area (Å²) in [7, 11) is 0. The molecule has 33 heavy (non-hydrogen) atoms. The van der Waals surface area contributed by atoms with Gasteiger partial charge in [0.15, 0.2) is 17.8 Å². The lowest BCUT2D eigenvalue weighted by Crippen LogP contribution is -2.49. The van der Waals surface area contributed by atoms with Crippen molar-refractivity contribution in [2.45, 2.75) is 46.0 Å². The highest BCUT2D eigenvalue weighted by Gasteiger charge is 2.44. The molecule has 0 amide bonds. The van der Waals surface area contributed by atoms with Crippen LogP contribution < -0.4 is 9.75 Å². The normalized spacial score (nSPS) is 16.0. The molecular weight excluding hydrogens is 434 g/mol. The first-order valence-corrected chi connectivity index (χ1v) is 11.3. The van der Waals surface area contributed by atoms with Crippen molar-refractivity contribution in [3.05, 3.63) is 95.0 Å². The number of benzene rings is 3. The van der Waals surface area contributed by atoms with Crippen LogP contribution in [0.5, 0.6) is 5.75 Å². The molecule has 0 saturated heterocycles. The summed E-state index contributed by atoms with van der Waals surface area (Å²) in [6.45, 7) is 8.23. The fourth-order valence-electron chi connectivity index (χ4n) is 3.97. The van der Waals surface area contributed by atoms with E-state index in [2.05, 4.69) is 25.7 Å². The van der Waals surface area contributed by atoms with Crippen molar-refractivity contribution in [3.63, 3.8) is 0 Å². The van der Waals surface area contributed by atoms with Crippen molar-refractivity contribution in [2.75, 3.05) is 5.01 Å². The average molecular weight is 462 g/mol. The van der Waals surface area contributed by atoms with E-state index in [-0.39, 0.29) is 17.5 Å². The lowest BCUT2D eigenvalue weighted by molar-refractivity contribution is -0.112. The number of ketones is 1. The van der Waals surface area contributed by atoms with Gasteiger partial charge in [-0.05, 0) is 56.7 Å². The number of anilines is 1. The second-order valence-electron chi connectivity index (χ2n) is 9.03. The number of hydrogen-bond acceptors (Lipinski definition) is 5. The topological polar surface area (TPSA) is 45.1 Å². The first-order valence-electron chi connectivity index (χ1n) is 10.9. The molecule has 0 bridgehead atoms. The van der Waals surface area contributed by atoms with E-state index in [0.717, 1.165) is 22.6 Å². The molecule has 1 atom stereocenters. The van der Waals surface area contributed by atoms with Gasteiger partial charge in [0.25, 0.3) is 0 Å². The van der Waals surface area contributed by atoms with Crippen LogP contribution in [0.25, 0.3) is 0 Å². The smallest absolute Gasteiger partial charge is 0.196 e. The molecule has 3 aromatic rings. The van der Waals surface area contributed by atoms with E-state index in [1.165, 1.54) is 0 Å². The predicted octanol–water partition coefficient (Wildman–Crippen LogP) is 6.44. The maximum absolute atomic E-state index is 12.6. The third kappa shape index (κ3) is 4.88. The molecule has 0 fully saturated rings. The van der Waals surface area contributed by atoms with Crippen LogP contribution in [0.15, 0.2) is 84.0 Å². The molecular formula is C27H28ClN3O2. The molecule has 1 unspecified atom stereocenters. The van der Waals surface area contributed by atoms with Crippen LogP contribution in [0.3, 0.4) is 0 Å². The Hall–Kier alpha value is -3.31. The Morgan fingerprint density at radius 1 is 0.970 bits per heavy atom. The highest BCUT2D eigenvalue weighted by atomic mass is 35.5. The van der Waals surface area contributed by atoms with Crippen LogP contribution in [-0.4, -0.2) is 22.1 Å². The summed E-state index contributed by atoms with van der Waals surface area (Å²) < 4.78 is 6.28. The first kappa shape index (κ1) is 22.9. The molecule has 5 nitrogen and oxygen atoms in total. The zero-order chi connectivity index (χ0) is 23.6. The lowest BCUT2D eigenvalue weighted by Gasteiger charge is -2.41. The van der Waals surface area contributed by atoms with E-state index in [1.807, 2.05) is 83.9 Å². The standard InChI is InChI=1S/C27H28ClN3O2/c1-19(32)25-29-31(22-10-6-5-7-11-22)26(30(25)27(2,3)4)23-12-8-9-13-24(23)33-18-20-14-16-21(28)17-15-20/h5-17,26H,18H2,1-4H3. The third-order valence-corrected chi connectivity index (χ3v) is 5.72. The van der Waals surface area contributed by atoms with Crippen molar-refractivity contribution in [2.24, 2.45) is 5.10 Å². The zero-order valence-corrected chi connectivity index (χ0v) is 20.1. The summed E-state index contributed by atoms with van der Waals surface area (Å²) in [5.41, 5.74) is 2.50. The summed E-state index contributed by atoms with van der Waals surface area (Å²) in [4.78, 5) is 14.7. The number of para-hydroxylation sites is 2. The molecule has 1 heterocycles. The number of hydrazone groups is 1. The molecule has 0 aromatic heterocycles. The van der Waals surface area contributed by atoms with E-state index in [0.29, 0.717) is 17.5 Å². The van der Waals surface area contributed by atoms with Crippen molar-refractivity contribution in [3.8, 4) is 5.75 Å². The van der Waals surface area contributed by atoms with Gasteiger partial charge in [0.1, 0.15) is 12.4 Å². The van der Waals surface area contributed by atoms with Crippen LogP contribution in [-0.2, 0) is 11.4 Å². The molecule has 0 aliphatic carbocycles. The van der Waals surface area contributed by atoms with Gasteiger partial charge in [-0.1, -0.05) is 60.1 Å². The zero-order valence-electron chi connectivity index (χ0n) is 19.3. The average Bonchev–Trinajstić information content (AvgIpc) is 3.21. The van der Waals surface area contributed by atoms with Crippen molar-refractivity contribution in [1.82, 2.24) is 4.90 Å². The quantitative estimate of drug-likeness (QED) is 0.423. The summed E-state index contributed by atoms with van der Waals surface area (Å²) in [6, 6.07) is 25.5. The molecule has 0 N–H and O–H groups in total. The molecule has 170 valence electrons. The van der Waals surface area contributed by atoms with Gasteiger partial charge < -0.3 is 9.64 Å². The largest absolute Gasteiger partial charge is 0.488 e. The van der Waals surface area contributed by atoms with Gasteiger partial charge in [0.2, 0.25) is 0 Å². The highest BCUT2D eigenvalue weighted by Crippen LogP contribution is 2.43. The molecule has 1 aliphatic heterocycles. The fourth-order valence-corrected chi connectivity index (χ4v) is 4.10. The molecule has 3 aromatic carbocycles. The van der Waals surface area contributed by atoms with Crippen LogP contribution in [0.2, 0.25) is 5.02 Å². The van der Waals surface area contributed by atoms with Gasteiger partial charge in [-0.25, -0.2) is 5.01 Å². The van der Waals surface area contributed by atoms with E-state index in [1.54, 1.807) is 6.92 Å². The molecule has 0 saturated carbocycles. The second kappa shape index (κ2) is 9.28. The number of amidine groups is 1. The number of carbonyl (C=O) groups excluding carboxylic acids is 1. The fraction of sp³-hybridized carbons (Fsp3) is 0.259. The summed E-state index contributed by atoms with van der Waals surface area (Å²) in [6.07, 6.45) is -0.340. The van der Waals surface area contributed by atoms with E-state index in [9.17, 15) is 4.79 Å². The molecule has 1 aliphatic rings. The maximum atomic E-state index is 12.6. The Labute approximate surface area is 200 Å². The van der Waals surface area contributed by atoms with Gasteiger partial charge in [0, 0.05) is 23.0 Å². The number of Topliss-reactive ketones (excluding diaryl/α,β-unsaturated/α-hetero) is 1. The van der Waals surface area contributed by atoms with Crippen LogP contribution >= 0.6 is 11.6 Å². The molecule has 6 heteroatoms. The number of nitrogens with zero attached hydrogens (tertiary/aromatic N) is 3. The van der Waals surface area contributed by atoms with Crippen LogP contribution in [0, 0.1) is 0 Å². The van der Waals surface area contributed by atoms with Crippen LogP contribution in [0.1, 0.15) is 45.0 Å². The minimum atomic E-state index is -0.359. The van der Waals surface area contributed by atoms with Crippen molar-refractivity contribution >= 4 is 28.9 Å². The van der Waals surface area contributed by atoms with Crippen molar-refractivity contribution in [1.29, 1.82) is 0 Å². The first-order chi connectivity index (χ1) is 15.8. The molecule has 0 spiro atoms. The van der Waals surface area contributed by atoms with Crippen molar-refractivity contribution < 1.29 is 9.53 Å². The van der Waals surface area contributed by atoms with Gasteiger partial charge >= 0.3 is 0 Å². The minimum Gasteiger partial charge on any atom is -0.488 e. The Morgan fingerprint density at radius 3 is 2.24 bits per heavy atom. The summed E-state index contributed by atoms with van der Waals surface area (Å²) in [5, 5.41) is 7.39. The number of hydrogen-bond donors (Lipinski definition) is 0. The molecule has 0 radical (unpaired) electrons. The summed E-state index contributed by atoms with van der Waals surface area (Å²) in [5.74, 6) is 1.10. The molecule has 4 rings (SSSR count). The third-order valence-electron chi connectivity index (χ3n) is 5.47. The van der Waals surface area contributed by atoms with E-state index < -0.39 is 0 Å². The second-order valence-corrected chi connectivity index (χ2v) is 9.46. The Balaban J connectivity index is 1.77. The highest BCUT2D eigenvalue weighted by molar-refractivity contribution is 6.38.